The van der Waals surface area contributed by atoms with Crippen molar-refractivity contribution < 1.29 is 4.74 Å². The van der Waals surface area contributed by atoms with Gasteiger partial charge in [0.15, 0.2) is 0 Å². The van der Waals surface area contributed by atoms with Gasteiger partial charge < -0.3 is 4.74 Å². The Balaban J connectivity index is 1.87. The lowest BCUT2D eigenvalue weighted by molar-refractivity contribution is 0.410. The van der Waals surface area contributed by atoms with Crippen LogP contribution < -0.4 is 4.74 Å². The summed E-state index contributed by atoms with van der Waals surface area (Å²) in [4.78, 5) is 0. The molecule has 1 heterocycles. The lowest BCUT2D eigenvalue weighted by Crippen LogP contribution is -2.02. The van der Waals surface area contributed by atoms with E-state index in [1.807, 2.05) is 37.3 Å². The van der Waals surface area contributed by atoms with Gasteiger partial charge in [-0.1, -0.05) is 45.9 Å². The van der Waals surface area contributed by atoms with Crippen LogP contribution in [0.25, 0.3) is 5.69 Å². The second-order valence-electron chi connectivity index (χ2n) is 4.97. The molecule has 0 saturated carbocycles. The lowest BCUT2D eigenvalue weighted by atomic mass is 10.2. The van der Waals surface area contributed by atoms with Gasteiger partial charge in [-0.15, -0.1) is 5.10 Å². The predicted molar refractivity (Wildman–Crippen MR) is 94.1 cm³/mol. The third kappa shape index (κ3) is 3.73. The fourth-order valence-electron chi connectivity index (χ4n) is 2.16. The third-order valence-corrected chi connectivity index (χ3v) is 4.74. The number of nitrogens with zero attached hydrogens (tertiary/aromatic N) is 4. The van der Waals surface area contributed by atoms with Gasteiger partial charge in [0.25, 0.3) is 0 Å². The van der Waals surface area contributed by atoms with Crippen LogP contribution in [0.5, 0.6) is 5.75 Å². The van der Waals surface area contributed by atoms with Gasteiger partial charge in [-0.25, -0.2) is 0 Å². The molecule has 3 rings (SSSR count). The maximum Gasteiger partial charge on any atom is 0.214 e. The highest BCUT2D eigenvalue weighted by Gasteiger charge is 2.13. The van der Waals surface area contributed by atoms with Crippen LogP contribution in [0.15, 0.2) is 52.1 Å². The van der Waals surface area contributed by atoms with Gasteiger partial charge in [0.2, 0.25) is 5.16 Å². The van der Waals surface area contributed by atoms with Crippen molar-refractivity contribution in [1.82, 2.24) is 20.2 Å². The van der Waals surface area contributed by atoms with Gasteiger partial charge in [-0.3, -0.25) is 0 Å². The van der Waals surface area contributed by atoms with E-state index in [9.17, 15) is 0 Å². The molecule has 1 aromatic heterocycles. The summed E-state index contributed by atoms with van der Waals surface area (Å²) in [6.07, 6.45) is 0. The predicted octanol–water partition coefficient (Wildman–Crippen LogP) is 4.03. The molecule has 0 unspecified atom stereocenters. The van der Waals surface area contributed by atoms with Crippen LogP contribution in [-0.4, -0.2) is 27.3 Å². The zero-order chi connectivity index (χ0) is 16.2. The Morgan fingerprint density at radius 3 is 2.87 bits per heavy atom. The van der Waals surface area contributed by atoms with Crippen molar-refractivity contribution in [1.29, 1.82) is 0 Å². The minimum atomic E-state index is 0.730. The van der Waals surface area contributed by atoms with Crippen LogP contribution in [-0.2, 0) is 5.75 Å². The van der Waals surface area contributed by atoms with Crippen LogP contribution in [0, 0.1) is 6.92 Å². The molecule has 0 aliphatic heterocycles. The van der Waals surface area contributed by atoms with Crippen molar-refractivity contribution in [2.75, 3.05) is 7.11 Å². The van der Waals surface area contributed by atoms with Crippen LogP contribution >= 0.6 is 27.7 Å². The average Bonchev–Trinajstić information content (AvgIpc) is 3.01. The van der Waals surface area contributed by atoms with Gasteiger partial charge in [-0.2, -0.15) is 4.68 Å². The highest BCUT2D eigenvalue weighted by molar-refractivity contribution is 9.10. The molecule has 2 aromatic carbocycles. The number of hydrogen-bond acceptors (Lipinski definition) is 5. The van der Waals surface area contributed by atoms with Gasteiger partial charge in [-0.05, 0) is 52.7 Å². The van der Waals surface area contributed by atoms with E-state index in [1.54, 1.807) is 23.6 Å². The maximum absolute atomic E-state index is 5.43. The fraction of sp³-hybridized carbons (Fsp3) is 0.188. The SMILES string of the molecule is COc1ccc(C)cc1-n1nnnc1SCc1cccc(Br)c1. The molecule has 0 atom stereocenters. The molecule has 0 radical (unpaired) electrons. The number of rotatable bonds is 5. The normalized spacial score (nSPS) is 10.7. The van der Waals surface area contributed by atoms with E-state index in [0.717, 1.165) is 32.4 Å². The lowest BCUT2D eigenvalue weighted by Gasteiger charge is -2.10. The third-order valence-electron chi connectivity index (χ3n) is 3.26. The van der Waals surface area contributed by atoms with E-state index >= 15 is 0 Å². The molecular weight excluding hydrogens is 376 g/mol. The average molecular weight is 391 g/mol. The van der Waals surface area contributed by atoms with Gasteiger partial charge in [0, 0.05) is 10.2 Å². The molecule has 0 aliphatic carbocycles. The van der Waals surface area contributed by atoms with Gasteiger partial charge >= 0.3 is 0 Å². The first kappa shape index (κ1) is 16.0. The molecule has 5 nitrogen and oxygen atoms in total. The highest BCUT2D eigenvalue weighted by atomic mass is 79.9. The Bertz CT molecular complexity index is 821. The summed E-state index contributed by atoms with van der Waals surface area (Å²) < 4.78 is 8.21. The van der Waals surface area contributed by atoms with Crippen LogP contribution in [0.1, 0.15) is 11.1 Å². The molecule has 0 N–H and O–H groups in total. The van der Waals surface area contributed by atoms with Crippen molar-refractivity contribution in [3.05, 3.63) is 58.1 Å². The number of aryl methyl sites for hydroxylation is 1. The first-order chi connectivity index (χ1) is 11.2. The van der Waals surface area contributed by atoms with E-state index in [2.05, 4.69) is 43.6 Å². The van der Waals surface area contributed by atoms with E-state index in [1.165, 1.54) is 5.56 Å². The highest BCUT2D eigenvalue weighted by Crippen LogP contribution is 2.28. The molecule has 23 heavy (non-hydrogen) atoms. The number of benzene rings is 2. The van der Waals surface area contributed by atoms with Crippen LogP contribution in [0.3, 0.4) is 0 Å². The first-order valence-electron chi connectivity index (χ1n) is 6.98. The standard InChI is InChI=1S/C16H15BrN4OS/c1-11-6-7-15(22-2)14(8-11)21-16(18-19-20-21)23-10-12-4-3-5-13(17)9-12/h3-9H,10H2,1-2H3. The van der Waals surface area contributed by atoms with Crippen molar-refractivity contribution >= 4 is 27.7 Å². The number of tetrazole rings is 1. The molecule has 0 bridgehead atoms. The molecule has 0 fully saturated rings. The minimum absolute atomic E-state index is 0.730. The molecule has 118 valence electrons. The van der Waals surface area contributed by atoms with E-state index in [4.69, 9.17) is 4.74 Å². The summed E-state index contributed by atoms with van der Waals surface area (Å²) >= 11 is 5.07. The van der Waals surface area contributed by atoms with Crippen LogP contribution in [0.4, 0.5) is 0 Å². The van der Waals surface area contributed by atoms with Crippen LogP contribution in [0.2, 0.25) is 0 Å². The van der Waals surface area contributed by atoms with Gasteiger partial charge in [0.1, 0.15) is 11.4 Å². The molecular formula is C16H15BrN4OS. The summed E-state index contributed by atoms with van der Waals surface area (Å²) in [6, 6.07) is 14.1. The van der Waals surface area contributed by atoms with E-state index < -0.39 is 0 Å². The quantitative estimate of drug-likeness (QED) is 0.615. The first-order valence-corrected chi connectivity index (χ1v) is 8.76. The zero-order valence-electron chi connectivity index (χ0n) is 12.7. The van der Waals surface area contributed by atoms with Gasteiger partial charge in [0.05, 0.1) is 7.11 Å². The Labute approximate surface area is 147 Å². The number of thioether (sulfide) groups is 1. The number of aromatic nitrogens is 4. The molecule has 3 aromatic rings. The Morgan fingerprint density at radius 2 is 2.09 bits per heavy atom. The summed E-state index contributed by atoms with van der Waals surface area (Å²) in [5.41, 5.74) is 3.17. The maximum atomic E-state index is 5.43. The summed E-state index contributed by atoms with van der Waals surface area (Å²) in [6.45, 7) is 2.03. The number of methoxy groups -OCH3 is 1. The molecule has 7 heteroatoms. The smallest absolute Gasteiger partial charge is 0.214 e. The number of halogens is 1. The fourth-order valence-corrected chi connectivity index (χ4v) is 3.43. The van der Waals surface area contributed by atoms with Crippen molar-refractivity contribution in [2.45, 2.75) is 17.8 Å². The largest absolute Gasteiger partial charge is 0.494 e. The topological polar surface area (TPSA) is 52.8 Å². The molecule has 0 aliphatic rings. The minimum Gasteiger partial charge on any atom is -0.494 e. The zero-order valence-corrected chi connectivity index (χ0v) is 15.1. The molecule has 0 saturated heterocycles. The Morgan fingerprint density at radius 1 is 1.22 bits per heavy atom. The number of hydrogen-bond donors (Lipinski definition) is 0. The van der Waals surface area contributed by atoms with Crippen molar-refractivity contribution in [2.24, 2.45) is 0 Å². The van der Waals surface area contributed by atoms with Crippen molar-refractivity contribution in [3.63, 3.8) is 0 Å². The second-order valence-corrected chi connectivity index (χ2v) is 6.83. The van der Waals surface area contributed by atoms with Crippen molar-refractivity contribution in [3.8, 4) is 11.4 Å². The summed E-state index contributed by atoms with van der Waals surface area (Å²) in [5.74, 6) is 1.53. The van der Waals surface area contributed by atoms with E-state index in [-0.39, 0.29) is 0 Å². The molecule has 0 amide bonds. The monoisotopic (exact) mass is 390 g/mol. The second kappa shape index (κ2) is 7.14. The van der Waals surface area contributed by atoms with E-state index in [0.29, 0.717) is 0 Å². The summed E-state index contributed by atoms with van der Waals surface area (Å²) in [7, 11) is 1.65. The Kier molecular flexibility index (Phi) is 4.97. The number of ether oxygens (including phenoxy) is 1. The summed E-state index contributed by atoms with van der Waals surface area (Å²) in [5, 5.41) is 12.8. The molecule has 0 spiro atoms. The Hall–Kier alpha value is -1.86.